The van der Waals surface area contributed by atoms with Crippen molar-refractivity contribution in [3.63, 3.8) is 0 Å². The van der Waals surface area contributed by atoms with Crippen LogP contribution in [0.4, 0.5) is 0 Å². The van der Waals surface area contributed by atoms with Crippen molar-refractivity contribution < 1.29 is 9.90 Å². The number of phenolic OH excluding ortho intramolecular Hbond substituents is 1. The summed E-state index contributed by atoms with van der Waals surface area (Å²) in [4.78, 5) is 13.9. The van der Waals surface area contributed by atoms with Crippen molar-refractivity contribution in [2.24, 2.45) is 0 Å². The van der Waals surface area contributed by atoms with Crippen LogP contribution >= 0.6 is 0 Å². The molecular formula is C13H18N2O2. The molecule has 0 radical (unpaired) electrons. The molecule has 0 unspecified atom stereocenters. The van der Waals surface area contributed by atoms with Crippen LogP contribution in [0.1, 0.15) is 23.2 Å². The van der Waals surface area contributed by atoms with Gasteiger partial charge in [0, 0.05) is 25.2 Å². The first-order chi connectivity index (χ1) is 8.18. The molecule has 2 N–H and O–H groups in total. The van der Waals surface area contributed by atoms with E-state index in [1.165, 1.54) is 6.07 Å². The maximum absolute atomic E-state index is 12.2. The van der Waals surface area contributed by atoms with Crippen molar-refractivity contribution in [3.05, 3.63) is 29.8 Å². The van der Waals surface area contributed by atoms with Crippen LogP contribution in [0.15, 0.2) is 24.3 Å². The van der Waals surface area contributed by atoms with Crippen LogP contribution in [0, 0.1) is 0 Å². The highest BCUT2D eigenvalue weighted by Gasteiger charge is 2.22. The summed E-state index contributed by atoms with van der Waals surface area (Å²) in [5.41, 5.74) is 0.540. The first-order valence-electron chi connectivity index (χ1n) is 5.95. The number of carbonyl (C=O) groups excluding carboxylic acids is 1. The van der Waals surface area contributed by atoms with Gasteiger partial charge >= 0.3 is 0 Å². The Morgan fingerprint density at radius 1 is 1.53 bits per heavy atom. The molecule has 0 aromatic heterocycles. The van der Waals surface area contributed by atoms with Crippen LogP contribution in [-0.4, -0.2) is 42.1 Å². The summed E-state index contributed by atoms with van der Waals surface area (Å²) >= 11 is 0. The number of nitrogens with one attached hydrogen (secondary N) is 1. The maximum Gasteiger partial charge on any atom is 0.254 e. The van der Waals surface area contributed by atoms with Crippen molar-refractivity contribution in [1.82, 2.24) is 10.2 Å². The lowest BCUT2D eigenvalue weighted by atomic mass is 10.1. The SMILES string of the molecule is CN(C(=O)c1cccc(O)c1)[C@H]1CCCNC1. The topological polar surface area (TPSA) is 52.6 Å². The van der Waals surface area contributed by atoms with Gasteiger partial charge in [0.05, 0.1) is 0 Å². The molecule has 0 saturated carbocycles. The van der Waals surface area contributed by atoms with E-state index in [9.17, 15) is 9.90 Å². The Labute approximate surface area is 101 Å². The van der Waals surface area contributed by atoms with E-state index in [2.05, 4.69) is 5.32 Å². The van der Waals surface area contributed by atoms with Gasteiger partial charge in [-0.2, -0.15) is 0 Å². The number of aromatic hydroxyl groups is 1. The van der Waals surface area contributed by atoms with Gasteiger partial charge in [-0.25, -0.2) is 0 Å². The lowest BCUT2D eigenvalue weighted by molar-refractivity contribution is 0.0708. The predicted octanol–water partition coefficient (Wildman–Crippen LogP) is 1.22. The van der Waals surface area contributed by atoms with Gasteiger partial charge in [-0.05, 0) is 37.6 Å². The maximum atomic E-state index is 12.2. The number of rotatable bonds is 2. The van der Waals surface area contributed by atoms with Gasteiger partial charge in [0.25, 0.3) is 5.91 Å². The van der Waals surface area contributed by atoms with E-state index >= 15 is 0 Å². The molecule has 0 spiro atoms. The summed E-state index contributed by atoms with van der Waals surface area (Å²) in [5.74, 6) is 0.0978. The molecule has 0 bridgehead atoms. The standard InChI is InChI=1S/C13H18N2O2/c1-15(11-5-3-7-14-9-11)13(17)10-4-2-6-12(16)8-10/h2,4,6,8,11,14,16H,3,5,7,9H2,1H3/t11-/m0/s1. The van der Waals surface area contributed by atoms with Gasteiger partial charge in [-0.15, -0.1) is 0 Å². The van der Waals surface area contributed by atoms with Gasteiger partial charge in [-0.1, -0.05) is 6.07 Å². The largest absolute Gasteiger partial charge is 0.508 e. The van der Waals surface area contributed by atoms with E-state index in [1.54, 1.807) is 23.1 Å². The minimum absolute atomic E-state index is 0.0328. The van der Waals surface area contributed by atoms with Gasteiger partial charge in [-0.3, -0.25) is 4.79 Å². The number of piperidine rings is 1. The van der Waals surface area contributed by atoms with Gasteiger partial charge in [0.1, 0.15) is 5.75 Å². The molecule has 1 amide bonds. The molecule has 1 aromatic carbocycles. The Balaban J connectivity index is 2.08. The van der Waals surface area contributed by atoms with E-state index in [1.807, 2.05) is 7.05 Å². The summed E-state index contributed by atoms with van der Waals surface area (Å²) in [6.07, 6.45) is 2.14. The highest BCUT2D eigenvalue weighted by atomic mass is 16.3. The average Bonchev–Trinajstić information content (AvgIpc) is 2.38. The number of hydrogen-bond donors (Lipinski definition) is 2. The molecule has 0 aliphatic carbocycles. The third-order valence-corrected chi connectivity index (χ3v) is 3.23. The van der Waals surface area contributed by atoms with Crippen molar-refractivity contribution in [1.29, 1.82) is 0 Å². The van der Waals surface area contributed by atoms with Crippen molar-refractivity contribution >= 4 is 5.91 Å². The third-order valence-electron chi connectivity index (χ3n) is 3.23. The number of amides is 1. The zero-order valence-corrected chi connectivity index (χ0v) is 10.0. The van der Waals surface area contributed by atoms with Crippen LogP contribution < -0.4 is 5.32 Å². The number of benzene rings is 1. The molecule has 1 aliphatic heterocycles. The fourth-order valence-corrected chi connectivity index (χ4v) is 2.17. The number of likely N-dealkylation sites (N-methyl/N-ethyl adjacent to an activating group) is 1. The number of hydrogen-bond acceptors (Lipinski definition) is 3. The molecule has 4 nitrogen and oxygen atoms in total. The van der Waals surface area contributed by atoms with Crippen LogP contribution in [-0.2, 0) is 0 Å². The van der Waals surface area contributed by atoms with Gasteiger partial charge < -0.3 is 15.3 Å². The van der Waals surface area contributed by atoms with E-state index in [0.717, 1.165) is 25.9 Å². The Morgan fingerprint density at radius 2 is 2.35 bits per heavy atom. The van der Waals surface area contributed by atoms with Crippen molar-refractivity contribution in [3.8, 4) is 5.75 Å². The highest BCUT2D eigenvalue weighted by Crippen LogP contribution is 2.16. The Morgan fingerprint density at radius 3 is 3.00 bits per heavy atom. The van der Waals surface area contributed by atoms with Crippen LogP contribution in [0.2, 0.25) is 0 Å². The summed E-state index contributed by atoms with van der Waals surface area (Å²) in [5, 5.41) is 12.7. The molecular weight excluding hydrogens is 216 g/mol. The summed E-state index contributed by atoms with van der Waals surface area (Å²) in [6, 6.07) is 6.75. The Hall–Kier alpha value is -1.55. The normalized spacial score (nSPS) is 19.9. The first kappa shape index (κ1) is 11.9. The molecule has 1 heterocycles. The van der Waals surface area contributed by atoms with Crippen molar-refractivity contribution in [2.45, 2.75) is 18.9 Å². The monoisotopic (exact) mass is 234 g/mol. The molecule has 17 heavy (non-hydrogen) atoms. The molecule has 4 heteroatoms. The molecule has 1 atom stereocenters. The summed E-state index contributed by atoms with van der Waals surface area (Å²) < 4.78 is 0. The minimum Gasteiger partial charge on any atom is -0.508 e. The van der Waals surface area contributed by atoms with Crippen LogP contribution in [0.3, 0.4) is 0 Å². The van der Waals surface area contributed by atoms with Crippen LogP contribution in [0.5, 0.6) is 5.75 Å². The number of carbonyl (C=O) groups is 1. The molecule has 2 rings (SSSR count). The fraction of sp³-hybridized carbons (Fsp3) is 0.462. The molecule has 1 fully saturated rings. The van der Waals surface area contributed by atoms with Crippen molar-refractivity contribution in [2.75, 3.05) is 20.1 Å². The highest BCUT2D eigenvalue weighted by molar-refractivity contribution is 5.94. The summed E-state index contributed by atoms with van der Waals surface area (Å²) in [7, 11) is 1.82. The second-order valence-electron chi connectivity index (χ2n) is 4.47. The molecule has 1 aromatic rings. The smallest absolute Gasteiger partial charge is 0.254 e. The lowest BCUT2D eigenvalue weighted by Crippen LogP contribution is -2.46. The second-order valence-corrected chi connectivity index (χ2v) is 4.47. The number of phenols is 1. The zero-order chi connectivity index (χ0) is 12.3. The van der Waals surface area contributed by atoms with E-state index < -0.39 is 0 Å². The average molecular weight is 234 g/mol. The van der Waals surface area contributed by atoms with E-state index in [4.69, 9.17) is 0 Å². The zero-order valence-electron chi connectivity index (χ0n) is 10.0. The molecule has 1 aliphatic rings. The summed E-state index contributed by atoms with van der Waals surface area (Å²) in [6.45, 7) is 1.88. The second kappa shape index (κ2) is 5.19. The molecule has 92 valence electrons. The third kappa shape index (κ3) is 2.77. The van der Waals surface area contributed by atoms with E-state index in [0.29, 0.717) is 5.56 Å². The first-order valence-corrected chi connectivity index (χ1v) is 5.95. The molecule has 1 saturated heterocycles. The fourth-order valence-electron chi connectivity index (χ4n) is 2.17. The lowest BCUT2D eigenvalue weighted by Gasteiger charge is -2.31. The van der Waals surface area contributed by atoms with E-state index in [-0.39, 0.29) is 17.7 Å². The van der Waals surface area contributed by atoms with Crippen LogP contribution in [0.25, 0.3) is 0 Å². The minimum atomic E-state index is -0.0328. The quantitative estimate of drug-likeness (QED) is 0.809. The van der Waals surface area contributed by atoms with Gasteiger partial charge in [0.15, 0.2) is 0 Å². The van der Waals surface area contributed by atoms with Gasteiger partial charge in [0.2, 0.25) is 0 Å². The Bertz CT molecular complexity index is 400. The Kier molecular flexibility index (Phi) is 3.64. The predicted molar refractivity (Wildman–Crippen MR) is 66.1 cm³/mol. The number of nitrogens with zero attached hydrogens (tertiary/aromatic N) is 1.